The van der Waals surface area contributed by atoms with Crippen molar-refractivity contribution in [2.24, 2.45) is 5.92 Å². The minimum atomic E-state index is -0.209. The highest BCUT2D eigenvalue weighted by Crippen LogP contribution is 2.23. The molecule has 2 heteroatoms. The highest BCUT2D eigenvalue weighted by molar-refractivity contribution is 6.64. The lowest BCUT2D eigenvalue weighted by atomic mass is 9.92. The molecule has 0 saturated carbocycles. The first-order chi connectivity index (χ1) is 4.70. The number of carbonyl (C=O) groups excluding carboxylic acids is 1. The van der Waals surface area contributed by atoms with E-state index in [1.54, 1.807) is 0 Å². The smallest absolute Gasteiger partial charge is 0.228 e. The molecule has 1 atom stereocenters. The molecule has 10 heavy (non-hydrogen) atoms. The Morgan fingerprint density at radius 2 is 2.50 bits per heavy atom. The Morgan fingerprint density at radius 1 is 1.80 bits per heavy atom. The van der Waals surface area contributed by atoms with Crippen LogP contribution in [0.2, 0.25) is 0 Å². The maximum absolute atomic E-state index is 10.7. The molecular weight excluding hydrogens is 148 g/mol. The zero-order chi connectivity index (χ0) is 7.56. The third-order valence-corrected chi connectivity index (χ3v) is 2.14. The Balaban J connectivity index is 2.62. The summed E-state index contributed by atoms with van der Waals surface area (Å²) in [6.45, 7) is 2.05. The Labute approximate surface area is 66.1 Å². The van der Waals surface area contributed by atoms with Crippen LogP contribution in [0.25, 0.3) is 0 Å². The summed E-state index contributed by atoms with van der Waals surface area (Å²) in [5, 5.41) is -0.209. The molecule has 0 aromatic rings. The van der Waals surface area contributed by atoms with Crippen molar-refractivity contribution in [2.45, 2.75) is 26.2 Å². The summed E-state index contributed by atoms with van der Waals surface area (Å²) in [6.07, 6.45) is 5.14. The van der Waals surface area contributed by atoms with E-state index in [1.807, 2.05) is 13.0 Å². The summed E-state index contributed by atoms with van der Waals surface area (Å²) in [4.78, 5) is 10.7. The third-order valence-electron chi connectivity index (χ3n) is 1.86. The number of hydrogen-bond donors (Lipinski definition) is 0. The van der Waals surface area contributed by atoms with Crippen LogP contribution in [-0.2, 0) is 4.79 Å². The van der Waals surface area contributed by atoms with E-state index in [4.69, 9.17) is 11.6 Å². The molecule has 1 nitrogen and oxygen atoms in total. The van der Waals surface area contributed by atoms with Crippen LogP contribution in [0, 0.1) is 5.92 Å². The molecule has 0 saturated heterocycles. The fourth-order valence-corrected chi connectivity index (χ4v) is 1.46. The van der Waals surface area contributed by atoms with Gasteiger partial charge in [-0.1, -0.05) is 11.6 Å². The number of carbonyl (C=O) groups is 1. The van der Waals surface area contributed by atoms with Gasteiger partial charge in [-0.25, -0.2) is 0 Å². The fourth-order valence-electron chi connectivity index (χ4n) is 1.29. The van der Waals surface area contributed by atoms with E-state index in [1.165, 1.54) is 5.57 Å². The predicted octanol–water partition coefficient (Wildman–Crippen LogP) is 2.50. The number of hydrogen-bond acceptors (Lipinski definition) is 1. The van der Waals surface area contributed by atoms with Crippen LogP contribution in [0.1, 0.15) is 26.2 Å². The molecule has 0 radical (unpaired) electrons. The van der Waals surface area contributed by atoms with Crippen LogP contribution in [0.3, 0.4) is 0 Å². The number of rotatable bonds is 1. The van der Waals surface area contributed by atoms with Gasteiger partial charge in [0.1, 0.15) is 0 Å². The molecular formula is C8H11ClO. The lowest BCUT2D eigenvalue weighted by Crippen LogP contribution is -2.09. The van der Waals surface area contributed by atoms with E-state index in [0.717, 1.165) is 19.3 Å². The molecule has 1 aliphatic carbocycles. The van der Waals surface area contributed by atoms with Gasteiger partial charge in [-0.2, -0.15) is 0 Å². The van der Waals surface area contributed by atoms with E-state index >= 15 is 0 Å². The van der Waals surface area contributed by atoms with Crippen molar-refractivity contribution in [1.82, 2.24) is 0 Å². The summed E-state index contributed by atoms with van der Waals surface area (Å²) in [7, 11) is 0. The molecule has 1 unspecified atom stereocenters. The molecule has 0 N–H and O–H groups in total. The second-order valence-electron chi connectivity index (χ2n) is 2.82. The van der Waals surface area contributed by atoms with Crippen LogP contribution >= 0.6 is 11.6 Å². The molecule has 0 amide bonds. The minimum Gasteiger partial charge on any atom is -0.281 e. The SMILES string of the molecule is CC1=CC(C(=O)Cl)CCC1. The highest BCUT2D eigenvalue weighted by atomic mass is 35.5. The summed E-state index contributed by atoms with van der Waals surface area (Å²) in [5.74, 6) is -0.00424. The highest BCUT2D eigenvalue weighted by Gasteiger charge is 2.16. The van der Waals surface area contributed by atoms with Crippen molar-refractivity contribution in [3.63, 3.8) is 0 Å². The van der Waals surface area contributed by atoms with Crippen LogP contribution < -0.4 is 0 Å². The summed E-state index contributed by atoms with van der Waals surface area (Å²) in [6, 6.07) is 0. The lowest BCUT2D eigenvalue weighted by Gasteiger charge is -2.14. The van der Waals surface area contributed by atoms with Gasteiger partial charge in [-0.3, -0.25) is 4.79 Å². The van der Waals surface area contributed by atoms with E-state index in [2.05, 4.69) is 0 Å². The van der Waals surface area contributed by atoms with Gasteiger partial charge in [-0.15, -0.1) is 0 Å². The summed E-state index contributed by atoms with van der Waals surface area (Å²) >= 11 is 5.34. The average Bonchev–Trinajstić information content (AvgIpc) is 1.88. The molecule has 1 aliphatic rings. The molecule has 0 aliphatic heterocycles. The Kier molecular flexibility index (Phi) is 2.50. The van der Waals surface area contributed by atoms with Gasteiger partial charge in [0.2, 0.25) is 5.24 Å². The third kappa shape index (κ3) is 1.84. The van der Waals surface area contributed by atoms with Gasteiger partial charge >= 0.3 is 0 Å². The molecule has 0 aromatic carbocycles. The van der Waals surface area contributed by atoms with E-state index in [0.29, 0.717) is 0 Å². The van der Waals surface area contributed by atoms with Crippen molar-refractivity contribution in [1.29, 1.82) is 0 Å². The molecule has 0 spiro atoms. The second kappa shape index (κ2) is 3.20. The monoisotopic (exact) mass is 158 g/mol. The summed E-state index contributed by atoms with van der Waals surface area (Å²) < 4.78 is 0. The second-order valence-corrected chi connectivity index (χ2v) is 3.19. The minimum absolute atomic E-state index is 0.00424. The van der Waals surface area contributed by atoms with Gasteiger partial charge in [0.15, 0.2) is 0 Å². The fraction of sp³-hybridized carbons (Fsp3) is 0.625. The lowest BCUT2D eigenvalue weighted by molar-refractivity contribution is -0.114. The van der Waals surface area contributed by atoms with Crippen LogP contribution in [0.4, 0.5) is 0 Å². The van der Waals surface area contributed by atoms with Crippen LogP contribution in [0.5, 0.6) is 0 Å². The predicted molar refractivity (Wildman–Crippen MR) is 42.0 cm³/mol. The molecule has 0 bridgehead atoms. The molecule has 56 valence electrons. The van der Waals surface area contributed by atoms with E-state index < -0.39 is 0 Å². The maximum Gasteiger partial charge on any atom is 0.228 e. The van der Waals surface area contributed by atoms with Gasteiger partial charge in [0.25, 0.3) is 0 Å². The Bertz CT molecular complexity index is 172. The number of halogens is 1. The molecule has 0 heterocycles. The molecule has 1 rings (SSSR count). The van der Waals surface area contributed by atoms with Crippen molar-refractivity contribution in [2.75, 3.05) is 0 Å². The average molecular weight is 159 g/mol. The van der Waals surface area contributed by atoms with Crippen LogP contribution in [-0.4, -0.2) is 5.24 Å². The van der Waals surface area contributed by atoms with Gasteiger partial charge in [-0.05, 0) is 37.8 Å². The van der Waals surface area contributed by atoms with Crippen molar-refractivity contribution >= 4 is 16.8 Å². The topological polar surface area (TPSA) is 17.1 Å². The largest absolute Gasteiger partial charge is 0.281 e. The standard InChI is InChI=1S/C8H11ClO/c1-6-3-2-4-7(5-6)8(9)10/h5,7H,2-4H2,1H3. The van der Waals surface area contributed by atoms with Crippen molar-refractivity contribution in [3.05, 3.63) is 11.6 Å². The van der Waals surface area contributed by atoms with E-state index in [9.17, 15) is 4.79 Å². The molecule has 0 fully saturated rings. The Hall–Kier alpha value is -0.300. The maximum atomic E-state index is 10.7. The zero-order valence-corrected chi connectivity index (χ0v) is 6.82. The van der Waals surface area contributed by atoms with Gasteiger partial charge in [0, 0.05) is 0 Å². The first kappa shape index (κ1) is 7.80. The Morgan fingerprint density at radius 3 is 2.90 bits per heavy atom. The summed E-state index contributed by atoms with van der Waals surface area (Å²) in [5.41, 5.74) is 1.30. The van der Waals surface area contributed by atoms with Gasteiger partial charge < -0.3 is 0 Å². The van der Waals surface area contributed by atoms with Crippen molar-refractivity contribution in [3.8, 4) is 0 Å². The zero-order valence-electron chi connectivity index (χ0n) is 6.06. The van der Waals surface area contributed by atoms with Gasteiger partial charge in [0.05, 0.1) is 5.92 Å². The van der Waals surface area contributed by atoms with Crippen molar-refractivity contribution < 1.29 is 4.79 Å². The first-order valence-corrected chi connectivity index (χ1v) is 3.94. The quantitative estimate of drug-likeness (QED) is 0.423. The first-order valence-electron chi connectivity index (χ1n) is 3.57. The molecule has 0 aromatic heterocycles. The van der Waals surface area contributed by atoms with Crippen LogP contribution in [0.15, 0.2) is 11.6 Å². The van der Waals surface area contributed by atoms with E-state index in [-0.39, 0.29) is 11.2 Å². The normalized spacial score (nSPS) is 25.8. The number of allylic oxidation sites excluding steroid dienone is 2.